The zero-order chi connectivity index (χ0) is 103. The minimum absolute atomic E-state index is 0.00599. The molecular formula is C91H129N25O22S2. The number of fused-ring (bicyclic) bond motifs is 1. The van der Waals surface area contributed by atoms with E-state index in [0.717, 1.165) is 0 Å². The molecule has 140 heavy (non-hydrogen) atoms. The first-order chi connectivity index (χ1) is 66.7. The summed E-state index contributed by atoms with van der Waals surface area (Å²) in [6.45, 7) is 4.79. The van der Waals surface area contributed by atoms with Crippen molar-refractivity contribution in [3.63, 3.8) is 0 Å². The van der Waals surface area contributed by atoms with E-state index < -0.39 is 246 Å². The number of phenols is 3. The van der Waals surface area contributed by atoms with Crippen molar-refractivity contribution in [1.82, 2.24) is 99.6 Å². The number of aromatic nitrogens is 3. The summed E-state index contributed by atoms with van der Waals surface area (Å²) in [6.07, 6.45) is 3.03. The lowest BCUT2D eigenvalue weighted by Crippen LogP contribution is -2.62. The Morgan fingerprint density at radius 2 is 0.893 bits per heavy atom. The van der Waals surface area contributed by atoms with Crippen molar-refractivity contribution in [2.45, 2.75) is 227 Å². The van der Waals surface area contributed by atoms with E-state index in [4.69, 9.17) is 34.1 Å². The molecule has 2 aromatic heterocycles. The molecule has 3 heterocycles. The molecule has 6 aromatic rings. The van der Waals surface area contributed by atoms with Crippen LogP contribution < -0.4 is 108 Å². The van der Waals surface area contributed by atoms with E-state index in [0.29, 0.717) is 58.1 Å². The van der Waals surface area contributed by atoms with Gasteiger partial charge in [-0.05, 0) is 162 Å². The molecule has 1 aliphatic rings. The zero-order valence-corrected chi connectivity index (χ0v) is 79.7. The number of carboxylic acids is 1. The Hall–Kier alpha value is -14.2. The average Bonchev–Trinajstić information content (AvgIpc) is 1.72. The van der Waals surface area contributed by atoms with Gasteiger partial charge in [0.2, 0.25) is 94.5 Å². The van der Waals surface area contributed by atoms with E-state index in [2.05, 4.69) is 120 Å². The second-order valence-electron chi connectivity index (χ2n) is 34.0. The van der Waals surface area contributed by atoms with Crippen LogP contribution in [0, 0.1) is 11.3 Å². The fourth-order valence-electron chi connectivity index (χ4n) is 15.0. The van der Waals surface area contributed by atoms with Crippen LogP contribution in [-0.2, 0) is 114 Å². The van der Waals surface area contributed by atoms with Crippen molar-refractivity contribution < 1.29 is 107 Å². The van der Waals surface area contributed by atoms with E-state index in [9.17, 15) is 97.5 Å². The highest BCUT2D eigenvalue weighted by atomic mass is 32.1. The van der Waals surface area contributed by atoms with Gasteiger partial charge in [0.25, 0.3) is 0 Å². The summed E-state index contributed by atoms with van der Waals surface area (Å²) < 4.78 is 0. The molecule has 49 heteroatoms. The number of aromatic hydroxyl groups is 3. The van der Waals surface area contributed by atoms with Crippen LogP contribution in [0.25, 0.3) is 10.9 Å². The zero-order valence-electron chi connectivity index (χ0n) is 77.9. The van der Waals surface area contributed by atoms with Gasteiger partial charge in [-0.25, -0.2) is 9.78 Å². The van der Waals surface area contributed by atoms with Crippen LogP contribution in [0.15, 0.2) is 116 Å². The number of thiol groups is 2. The minimum Gasteiger partial charge on any atom is -0.508 e. The topological polar surface area (TPSA) is 773 Å². The smallest absolute Gasteiger partial charge is 0.326 e. The number of unbranched alkanes of at least 4 members (excludes halogenated alkanes) is 1. The van der Waals surface area contributed by atoms with Gasteiger partial charge in [-0.3, -0.25) is 82.1 Å². The van der Waals surface area contributed by atoms with Gasteiger partial charge in [-0.15, -0.1) is 0 Å². The lowest BCUT2D eigenvalue weighted by atomic mass is 9.96. The number of amides is 16. The number of nitrogens with zero attached hydrogens (tertiary/aromatic N) is 2. The Morgan fingerprint density at radius 1 is 0.479 bits per heavy atom. The van der Waals surface area contributed by atoms with Gasteiger partial charge in [-0.1, -0.05) is 74.9 Å². The Labute approximate surface area is 817 Å². The number of nitrogens with one attached hydrogen (secondary N) is 18. The molecule has 0 saturated carbocycles. The van der Waals surface area contributed by atoms with Gasteiger partial charge in [-0.2, -0.15) is 25.3 Å². The maximum absolute atomic E-state index is 15.1. The normalized spacial score (nSPS) is 15.7. The molecule has 0 radical (unpaired) electrons. The summed E-state index contributed by atoms with van der Waals surface area (Å²) in [7, 11) is 0. The summed E-state index contributed by atoms with van der Waals surface area (Å²) in [6, 6.07) is -0.594. The number of aliphatic hydroxyl groups is 1. The predicted octanol–water partition coefficient (Wildman–Crippen LogP) is -5.34. The van der Waals surface area contributed by atoms with Crippen LogP contribution in [0.4, 0.5) is 0 Å². The Balaban J connectivity index is 1.07. The summed E-state index contributed by atoms with van der Waals surface area (Å²) in [5.74, 6) is -19.0. The number of rotatable bonds is 58. The third kappa shape index (κ3) is 35.7. The summed E-state index contributed by atoms with van der Waals surface area (Å²) >= 11 is 8.61. The van der Waals surface area contributed by atoms with Crippen LogP contribution in [-0.4, -0.2) is 293 Å². The third-order valence-electron chi connectivity index (χ3n) is 23.2. The van der Waals surface area contributed by atoms with Gasteiger partial charge in [0.1, 0.15) is 108 Å². The molecule has 17 atom stereocenters. The minimum atomic E-state index is -1.81. The first kappa shape index (κ1) is 113. The first-order valence-electron chi connectivity index (χ1n) is 45.7. The van der Waals surface area contributed by atoms with Crippen LogP contribution >= 0.6 is 25.3 Å². The maximum Gasteiger partial charge on any atom is 0.326 e. The number of aliphatic carboxylic acids is 1. The van der Waals surface area contributed by atoms with E-state index in [1.54, 1.807) is 56.4 Å². The van der Waals surface area contributed by atoms with E-state index in [1.807, 2.05) is 0 Å². The quantitative estimate of drug-likeness (QED) is 0.00734. The SMILES string of the molecule is CC[C@H](C)[C@H](NC(=O)[C@H](CCCCN)NC(=O)[C@H](CCC(N)=O)NC(=O)[C@H](Cc1ccc(O)cc1)NC(=O)[C@H](CS)NC(=O)[C@H](Cc1ccc(O)cc1)NC(=O)[C@H](CCCNC(=N)N)NC(=O)[C@H](CCN)NC(=O)[C@H](Cc1c[nH]c2ccccc12)NC(=O)[C@H](C)NC(=O)[C@H](CO)NC(=O)[C@H](CS)NC(=O)[C@H](C)NC(=O)[C@H](Cc1cnc[nH]1)NC(=O)[C@@H](N)Cc1ccc(O)cc1)C(=O)N1CCC[C@H]1C(=O)O. The van der Waals surface area contributed by atoms with Crippen LogP contribution in [0.5, 0.6) is 17.2 Å². The number of guanidine groups is 1. The second-order valence-corrected chi connectivity index (χ2v) is 34.7. The number of carbonyl (C=O) groups is 17. The van der Waals surface area contributed by atoms with Crippen molar-refractivity contribution in [3.8, 4) is 17.2 Å². The molecule has 16 amide bonds. The number of aliphatic hydroxyl groups excluding tert-OH is 1. The van der Waals surface area contributed by atoms with Crippen molar-refractivity contribution in [3.05, 3.63) is 144 Å². The van der Waals surface area contributed by atoms with Crippen LogP contribution in [0.2, 0.25) is 0 Å². The molecule has 47 nitrogen and oxygen atoms in total. The van der Waals surface area contributed by atoms with Gasteiger partial charge < -0.3 is 149 Å². The molecule has 0 aliphatic carbocycles. The van der Waals surface area contributed by atoms with Gasteiger partial charge in [0.15, 0.2) is 5.96 Å². The molecule has 0 bridgehead atoms. The summed E-state index contributed by atoms with van der Waals surface area (Å²) in [5.41, 5.74) is 32.0. The number of carboxylic acid groups (broad SMARTS) is 1. The molecule has 762 valence electrons. The predicted molar refractivity (Wildman–Crippen MR) is 517 cm³/mol. The fraction of sp³-hybridized carbons (Fsp3) is 0.484. The summed E-state index contributed by atoms with van der Waals surface area (Å²) in [5, 5.41) is 97.4. The van der Waals surface area contributed by atoms with Crippen LogP contribution in [0.1, 0.15) is 126 Å². The number of imidazole rings is 1. The van der Waals surface area contributed by atoms with Crippen molar-refractivity contribution in [1.29, 1.82) is 5.41 Å². The number of benzene rings is 4. The van der Waals surface area contributed by atoms with Gasteiger partial charge >= 0.3 is 5.97 Å². The Kier molecular flexibility index (Phi) is 45.6. The molecule has 33 N–H and O–H groups in total. The number of aromatic amines is 2. The Bertz CT molecular complexity index is 5240. The number of phenolic OH excluding ortho intramolecular Hbond substituents is 3. The molecule has 4 aromatic carbocycles. The third-order valence-corrected chi connectivity index (χ3v) is 24.0. The van der Waals surface area contributed by atoms with Crippen LogP contribution in [0.3, 0.4) is 0 Å². The highest BCUT2D eigenvalue weighted by Gasteiger charge is 2.43. The molecular weight excluding hydrogens is 1860 g/mol. The lowest BCUT2D eigenvalue weighted by molar-refractivity contribution is -0.150. The molecule has 1 saturated heterocycles. The molecule has 7 rings (SSSR count). The summed E-state index contributed by atoms with van der Waals surface area (Å²) in [4.78, 5) is 252. The number of hydrogen-bond acceptors (Lipinski definition) is 28. The average molecular weight is 1990 g/mol. The monoisotopic (exact) mass is 1990 g/mol. The number of primary amides is 1. The van der Waals surface area contributed by atoms with Crippen molar-refractivity contribution in [2.75, 3.05) is 44.3 Å². The lowest BCUT2D eigenvalue weighted by Gasteiger charge is -2.32. The van der Waals surface area contributed by atoms with Gasteiger partial charge in [0.05, 0.1) is 19.0 Å². The number of para-hydroxylation sites is 1. The molecule has 0 unspecified atom stereocenters. The molecule has 1 aliphatic heterocycles. The maximum atomic E-state index is 15.1. The number of nitrogens with two attached hydrogens (primary N) is 5. The molecule has 1 fully saturated rings. The molecule has 0 spiro atoms. The highest BCUT2D eigenvalue weighted by Crippen LogP contribution is 2.25. The highest BCUT2D eigenvalue weighted by molar-refractivity contribution is 7.80. The van der Waals surface area contributed by atoms with E-state index in [1.165, 1.54) is 91.9 Å². The van der Waals surface area contributed by atoms with E-state index in [-0.39, 0.29) is 108 Å². The number of hydrogen-bond donors (Lipinski definition) is 30. The number of carbonyl (C=O) groups excluding carboxylic acids is 16. The Morgan fingerprint density at radius 3 is 1.36 bits per heavy atom. The first-order valence-corrected chi connectivity index (χ1v) is 46.9. The second kappa shape index (κ2) is 56.6. The number of likely N-dealkylation sites (tertiary alicyclic amines) is 1. The number of H-pyrrole nitrogens is 2. The van der Waals surface area contributed by atoms with Crippen molar-refractivity contribution >= 4 is 143 Å². The van der Waals surface area contributed by atoms with Gasteiger partial charge in [0, 0.05) is 85.7 Å². The van der Waals surface area contributed by atoms with Crippen molar-refractivity contribution in [2.24, 2.45) is 34.6 Å². The standard InChI is InChI=1S/C91H129N25O22S2/c1-5-47(2)74(89(136)116-35-11-16-72(116)90(137)138)115-81(128)61(14-8-9-32-92)104-79(126)63(29-30-73(95)121)106-83(130)65(37-51-19-25-56(119)26-20-51)111-87(134)71(45-140)114-84(131)66(38-52-21-27-57(120)28-22-52)110-78(125)62(15-10-34-99-91(96)97)105-80(127)64(31-33-93)107-85(132)67(39-53-41-100-60-13-7-6-12-58(53)60)108-75(122)48(3)103-86(133)69(43-117)112-88(135)70(44-139)113-76(123)49(4)102-82(129)68(40-54-42-98-46-101-54)109-77(124)59(94)36-50-17-23-55(118)24-18-50/h6-7,12-13,17-28,41-42,46-49,59,61-72,74,100,117-120,139-140H,5,8-11,14-16,29-40,43-45,92-94H2,1-4H3,(H2,95,121)(H,98,101)(H,102,129)(H,103,133)(H,104,126)(H,105,127)(H,106,130)(H,107,132)(H,108,122)(H,109,124)(H,110,125)(H,111,134)(H,112,135)(H,113,123)(H,114,131)(H,115,128)(H,137,138)(H4,96,97,99)/t47-,48-,49-,59-,61-,62-,63-,64-,65-,66-,67-,68-,69-,70-,71-,72-,74-/m0/s1. The largest absolute Gasteiger partial charge is 0.508 e. The fourth-order valence-corrected chi connectivity index (χ4v) is 15.5. The van der Waals surface area contributed by atoms with E-state index >= 15 is 9.59 Å².